The van der Waals surface area contributed by atoms with Crippen LogP contribution in [-0.4, -0.2) is 23.7 Å². The van der Waals surface area contributed by atoms with E-state index >= 15 is 0 Å². The lowest BCUT2D eigenvalue weighted by Gasteiger charge is -2.14. The molecule has 0 bridgehead atoms. The summed E-state index contributed by atoms with van der Waals surface area (Å²) in [5, 5.41) is 15.1. The van der Waals surface area contributed by atoms with E-state index in [1.165, 1.54) is 120 Å². The summed E-state index contributed by atoms with van der Waals surface area (Å²) in [6, 6.07) is 96.0. The van der Waals surface area contributed by atoms with Crippen molar-refractivity contribution in [3.05, 3.63) is 261 Å². The SMILES string of the molecule is c1cc(-c2cc(-c3cccc(-n4c5ccccc5c5cc6sc7ccccc7c6cc54)c3)nc(-c3cccc(-n4c5ccccc5c5cc6sc7ccccc7c6cc54)c3)n2)cc(-n2c3ccccc3c3cc4sc5ccccc5c4cc32)c1. The summed E-state index contributed by atoms with van der Waals surface area (Å²) < 4.78 is 15.1. The molecular weight excluding hydrogens is 1080 g/mol. The number of aromatic nitrogens is 5. The number of benzene rings is 12. The fourth-order valence-electron chi connectivity index (χ4n) is 13.7. The Hall–Kier alpha value is -10.2. The molecule has 0 N–H and O–H groups in total. The predicted molar refractivity (Wildman–Crippen MR) is 360 cm³/mol. The van der Waals surface area contributed by atoms with Gasteiger partial charge in [0.05, 0.1) is 44.5 Å². The van der Waals surface area contributed by atoms with Gasteiger partial charge in [-0.3, -0.25) is 0 Å². The van der Waals surface area contributed by atoms with E-state index in [1.54, 1.807) is 0 Å². The van der Waals surface area contributed by atoms with Crippen LogP contribution in [0.25, 0.3) is 177 Å². The molecule has 0 aliphatic rings. The zero-order valence-corrected chi connectivity index (χ0v) is 47.2. The van der Waals surface area contributed by atoms with Crippen molar-refractivity contribution < 1.29 is 0 Å². The molecule has 7 aromatic heterocycles. The molecule has 0 atom stereocenters. The second-order valence-electron chi connectivity index (χ2n) is 22.1. The number of hydrogen-bond acceptors (Lipinski definition) is 5. The van der Waals surface area contributed by atoms with Gasteiger partial charge in [-0.05, 0) is 115 Å². The van der Waals surface area contributed by atoms with E-state index in [-0.39, 0.29) is 0 Å². The quantitative estimate of drug-likeness (QED) is 0.166. The van der Waals surface area contributed by atoms with E-state index in [0.717, 1.165) is 50.7 Å². The van der Waals surface area contributed by atoms with Gasteiger partial charge in [-0.15, -0.1) is 34.0 Å². The average molecular weight is 1120 g/mol. The molecule has 0 amide bonds. The maximum Gasteiger partial charge on any atom is 0.160 e. The summed E-state index contributed by atoms with van der Waals surface area (Å²) in [6.45, 7) is 0. The van der Waals surface area contributed by atoms with Crippen molar-refractivity contribution in [3.8, 4) is 51.0 Å². The highest BCUT2D eigenvalue weighted by molar-refractivity contribution is 7.26. The van der Waals surface area contributed by atoms with Crippen LogP contribution in [0, 0.1) is 0 Å². The number of para-hydroxylation sites is 3. The summed E-state index contributed by atoms with van der Waals surface area (Å²) in [6.07, 6.45) is 0. The van der Waals surface area contributed by atoms with Gasteiger partial charge >= 0.3 is 0 Å². The Labute approximate surface area is 492 Å². The largest absolute Gasteiger partial charge is 0.309 e. The van der Waals surface area contributed by atoms with Crippen LogP contribution in [-0.2, 0) is 0 Å². The molecule has 7 heterocycles. The fraction of sp³-hybridized carbons (Fsp3) is 0. The highest BCUT2D eigenvalue weighted by Crippen LogP contribution is 2.45. The van der Waals surface area contributed by atoms with Crippen LogP contribution in [0.1, 0.15) is 0 Å². The molecule has 0 radical (unpaired) electrons. The van der Waals surface area contributed by atoms with E-state index in [1.807, 2.05) is 34.0 Å². The van der Waals surface area contributed by atoms with Crippen molar-refractivity contribution in [2.45, 2.75) is 0 Å². The van der Waals surface area contributed by atoms with Crippen molar-refractivity contribution in [2.24, 2.45) is 0 Å². The molecule has 5 nitrogen and oxygen atoms in total. The minimum absolute atomic E-state index is 0.652. The monoisotopic (exact) mass is 1120 g/mol. The first-order chi connectivity index (χ1) is 41.6. The fourth-order valence-corrected chi connectivity index (χ4v) is 17.0. The van der Waals surface area contributed by atoms with E-state index < -0.39 is 0 Å². The van der Waals surface area contributed by atoms with Crippen LogP contribution < -0.4 is 0 Å². The summed E-state index contributed by atoms with van der Waals surface area (Å²) in [4.78, 5) is 11.2. The van der Waals surface area contributed by atoms with Gasteiger partial charge in [-0.2, -0.15) is 0 Å². The number of fused-ring (bicyclic) bond motifs is 18. The van der Waals surface area contributed by atoms with Crippen LogP contribution in [0.3, 0.4) is 0 Å². The van der Waals surface area contributed by atoms with E-state index in [0.29, 0.717) is 5.82 Å². The number of rotatable bonds is 6. The van der Waals surface area contributed by atoms with Crippen molar-refractivity contribution in [1.29, 1.82) is 0 Å². The lowest BCUT2D eigenvalue weighted by Crippen LogP contribution is -2.00. The maximum atomic E-state index is 5.60. The van der Waals surface area contributed by atoms with Crippen molar-refractivity contribution in [3.63, 3.8) is 0 Å². The standard InChI is InChI=1S/C76H43N5S3/c1-7-28-64-50(22-1)56-40-73-59(53-25-4-10-31-70(53)82-73)37-67(56)79(64)47-19-13-16-44(34-47)62-43-63(45-17-14-20-48(35-45)80-65-29-8-2-23-51(65)57-41-74-60(38-68(57)80)54-26-5-11-32-71(54)83-74)78-76(77-62)46-18-15-21-49(36-46)81-66-30-9-3-24-52(66)58-42-75-61(39-69(58)81)55-27-6-12-33-72(55)84-75/h1-43H. The molecule has 19 rings (SSSR count). The predicted octanol–water partition coefficient (Wildman–Crippen LogP) is 21.9. The molecule has 0 aliphatic heterocycles. The highest BCUT2D eigenvalue weighted by Gasteiger charge is 2.22. The van der Waals surface area contributed by atoms with E-state index in [9.17, 15) is 0 Å². The minimum Gasteiger partial charge on any atom is -0.309 e. The number of nitrogens with zero attached hydrogens (tertiary/aromatic N) is 5. The number of hydrogen-bond donors (Lipinski definition) is 0. The molecule has 0 saturated heterocycles. The molecule has 8 heteroatoms. The molecule has 19 aromatic rings. The topological polar surface area (TPSA) is 40.6 Å². The lowest BCUT2D eigenvalue weighted by atomic mass is 10.0. The Morgan fingerprint density at radius 2 is 0.536 bits per heavy atom. The summed E-state index contributed by atoms with van der Waals surface area (Å²) in [7, 11) is 0. The second-order valence-corrected chi connectivity index (χ2v) is 25.3. The molecule has 0 aliphatic carbocycles. The summed E-state index contributed by atoms with van der Waals surface area (Å²) in [5.41, 5.74) is 14.8. The van der Waals surface area contributed by atoms with Crippen LogP contribution in [0.15, 0.2) is 261 Å². The Balaban J connectivity index is 0.819. The van der Waals surface area contributed by atoms with Crippen molar-refractivity contribution >= 4 is 160 Å². The van der Waals surface area contributed by atoms with Crippen LogP contribution in [0.5, 0.6) is 0 Å². The van der Waals surface area contributed by atoms with Crippen LogP contribution >= 0.6 is 34.0 Å². The van der Waals surface area contributed by atoms with Gasteiger partial charge in [-0.25, -0.2) is 9.97 Å². The Morgan fingerprint density at radius 3 is 0.917 bits per heavy atom. The molecule has 84 heavy (non-hydrogen) atoms. The average Bonchev–Trinajstić information content (AvgIpc) is 3.98. The van der Waals surface area contributed by atoms with Gasteiger partial charge in [0.15, 0.2) is 5.82 Å². The molecule has 0 fully saturated rings. The van der Waals surface area contributed by atoms with E-state index in [4.69, 9.17) is 9.97 Å². The molecule has 0 unspecified atom stereocenters. The Bertz CT molecular complexity index is 5430. The van der Waals surface area contributed by atoms with Gasteiger partial charge in [0, 0.05) is 127 Å². The first-order valence-corrected chi connectivity index (χ1v) is 30.8. The maximum absolute atomic E-state index is 5.60. The smallest absolute Gasteiger partial charge is 0.160 e. The third-order valence-corrected chi connectivity index (χ3v) is 20.8. The summed E-state index contributed by atoms with van der Waals surface area (Å²) in [5.74, 6) is 0.652. The van der Waals surface area contributed by atoms with Gasteiger partial charge in [0.1, 0.15) is 0 Å². The molecule has 0 spiro atoms. The van der Waals surface area contributed by atoms with Gasteiger partial charge in [-0.1, -0.05) is 146 Å². The second kappa shape index (κ2) is 17.6. The summed E-state index contributed by atoms with van der Waals surface area (Å²) >= 11 is 5.60. The molecule has 12 aromatic carbocycles. The number of thiophene rings is 3. The van der Waals surface area contributed by atoms with Gasteiger partial charge in [0.25, 0.3) is 0 Å². The lowest BCUT2D eigenvalue weighted by molar-refractivity contribution is 1.15. The Morgan fingerprint density at radius 1 is 0.214 bits per heavy atom. The zero-order valence-electron chi connectivity index (χ0n) is 44.8. The van der Waals surface area contributed by atoms with Crippen molar-refractivity contribution in [1.82, 2.24) is 23.7 Å². The minimum atomic E-state index is 0.652. The Kier molecular flexibility index (Phi) is 9.75. The third-order valence-electron chi connectivity index (χ3n) is 17.4. The van der Waals surface area contributed by atoms with Crippen molar-refractivity contribution in [2.75, 3.05) is 0 Å². The normalized spacial score (nSPS) is 12.3. The third kappa shape index (κ3) is 6.81. The van der Waals surface area contributed by atoms with Crippen LogP contribution in [0.4, 0.5) is 0 Å². The molecule has 390 valence electrons. The van der Waals surface area contributed by atoms with E-state index in [2.05, 4.69) is 275 Å². The molecular formula is C76H43N5S3. The molecule has 0 saturated carbocycles. The van der Waals surface area contributed by atoms with Gasteiger partial charge in [0.2, 0.25) is 0 Å². The van der Waals surface area contributed by atoms with Gasteiger partial charge < -0.3 is 13.7 Å². The highest BCUT2D eigenvalue weighted by atomic mass is 32.1. The zero-order chi connectivity index (χ0) is 54.7. The first kappa shape index (κ1) is 46.4. The first-order valence-electron chi connectivity index (χ1n) is 28.4. The van der Waals surface area contributed by atoms with Crippen LogP contribution in [0.2, 0.25) is 0 Å².